The molecule has 0 heterocycles. The molecule has 0 radical (unpaired) electrons. The molecular formula is C17H24O2. The lowest BCUT2D eigenvalue weighted by Gasteiger charge is -2.27. The van der Waals surface area contributed by atoms with Crippen LogP contribution in [0.4, 0.5) is 0 Å². The molecule has 1 aliphatic rings. The highest BCUT2D eigenvalue weighted by Gasteiger charge is 2.44. The zero-order valence-electron chi connectivity index (χ0n) is 12.2. The molecule has 1 N–H and O–H groups in total. The third kappa shape index (κ3) is 2.83. The van der Waals surface area contributed by atoms with Crippen molar-refractivity contribution in [1.29, 1.82) is 0 Å². The lowest BCUT2D eigenvalue weighted by molar-refractivity contribution is -0.144. The SMILES string of the molecule is CC(C)(C)CCCC1(C(=O)O)CCc2ccccc21. The van der Waals surface area contributed by atoms with Crippen LogP contribution in [0.15, 0.2) is 24.3 Å². The second kappa shape index (κ2) is 4.99. The average Bonchev–Trinajstić information content (AvgIpc) is 2.68. The maximum Gasteiger partial charge on any atom is 0.314 e. The standard InChI is InChI=1S/C17H24O2/c1-16(2,3)10-6-11-17(15(18)19)12-9-13-7-4-5-8-14(13)17/h4-5,7-8H,6,9-12H2,1-3H3,(H,18,19). The van der Waals surface area contributed by atoms with Gasteiger partial charge in [-0.25, -0.2) is 0 Å². The summed E-state index contributed by atoms with van der Waals surface area (Å²) < 4.78 is 0. The molecule has 1 aromatic carbocycles. The van der Waals surface area contributed by atoms with E-state index < -0.39 is 11.4 Å². The van der Waals surface area contributed by atoms with Crippen molar-refractivity contribution < 1.29 is 9.90 Å². The fourth-order valence-corrected chi connectivity index (χ4v) is 3.20. The molecule has 1 aromatic rings. The fraction of sp³-hybridized carbons (Fsp3) is 0.588. The molecule has 19 heavy (non-hydrogen) atoms. The Morgan fingerprint density at radius 3 is 2.63 bits per heavy atom. The van der Waals surface area contributed by atoms with E-state index in [0.717, 1.165) is 37.7 Å². The summed E-state index contributed by atoms with van der Waals surface area (Å²) in [5.74, 6) is -0.647. The predicted octanol–water partition coefficient (Wildman–Crippen LogP) is 4.17. The van der Waals surface area contributed by atoms with Crippen LogP contribution in [-0.2, 0) is 16.6 Å². The zero-order valence-corrected chi connectivity index (χ0v) is 12.2. The summed E-state index contributed by atoms with van der Waals surface area (Å²) in [5.41, 5.74) is 1.91. The van der Waals surface area contributed by atoms with Crippen molar-refractivity contribution in [2.24, 2.45) is 5.41 Å². The molecule has 0 aliphatic heterocycles. The number of hydrogen-bond acceptors (Lipinski definition) is 1. The molecule has 2 rings (SSSR count). The smallest absolute Gasteiger partial charge is 0.314 e. The van der Waals surface area contributed by atoms with Gasteiger partial charge in [-0.2, -0.15) is 0 Å². The van der Waals surface area contributed by atoms with Crippen LogP contribution < -0.4 is 0 Å². The van der Waals surface area contributed by atoms with Crippen LogP contribution >= 0.6 is 0 Å². The molecule has 0 saturated carbocycles. The van der Waals surface area contributed by atoms with Crippen molar-refractivity contribution in [3.63, 3.8) is 0 Å². The van der Waals surface area contributed by atoms with E-state index in [-0.39, 0.29) is 5.41 Å². The Hall–Kier alpha value is -1.31. The van der Waals surface area contributed by atoms with Crippen molar-refractivity contribution in [3.05, 3.63) is 35.4 Å². The Morgan fingerprint density at radius 1 is 1.32 bits per heavy atom. The minimum absolute atomic E-state index is 0.276. The van der Waals surface area contributed by atoms with E-state index in [2.05, 4.69) is 26.8 Å². The highest BCUT2D eigenvalue weighted by atomic mass is 16.4. The fourth-order valence-electron chi connectivity index (χ4n) is 3.20. The van der Waals surface area contributed by atoms with E-state index in [1.165, 1.54) is 5.56 Å². The zero-order chi connectivity index (χ0) is 14.1. The summed E-state index contributed by atoms with van der Waals surface area (Å²) in [6.07, 6.45) is 4.47. The van der Waals surface area contributed by atoms with Crippen LogP contribution in [0, 0.1) is 5.41 Å². The number of rotatable bonds is 4. The van der Waals surface area contributed by atoms with Gasteiger partial charge in [0.05, 0.1) is 5.41 Å². The average molecular weight is 260 g/mol. The molecule has 0 spiro atoms. The molecule has 2 nitrogen and oxygen atoms in total. The monoisotopic (exact) mass is 260 g/mol. The minimum atomic E-state index is -0.647. The van der Waals surface area contributed by atoms with Gasteiger partial charge >= 0.3 is 5.97 Å². The third-order valence-corrected chi connectivity index (χ3v) is 4.29. The van der Waals surface area contributed by atoms with Crippen molar-refractivity contribution in [1.82, 2.24) is 0 Å². The van der Waals surface area contributed by atoms with Gasteiger partial charge in [0.1, 0.15) is 0 Å². The van der Waals surface area contributed by atoms with E-state index >= 15 is 0 Å². The van der Waals surface area contributed by atoms with Crippen molar-refractivity contribution in [2.75, 3.05) is 0 Å². The Kier molecular flexibility index (Phi) is 3.71. The highest BCUT2D eigenvalue weighted by Crippen LogP contribution is 2.43. The summed E-state index contributed by atoms with van der Waals surface area (Å²) >= 11 is 0. The number of aryl methyl sites for hydroxylation is 1. The van der Waals surface area contributed by atoms with Gasteiger partial charge in [-0.15, -0.1) is 0 Å². The van der Waals surface area contributed by atoms with Crippen LogP contribution in [0.3, 0.4) is 0 Å². The second-order valence-electron chi connectivity index (χ2n) is 6.96. The minimum Gasteiger partial charge on any atom is -0.481 e. The van der Waals surface area contributed by atoms with Gasteiger partial charge in [-0.05, 0) is 42.2 Å². The largest absolute Gasteiger partial charge is 0.481 e. The Balaban J connectivity index is 2.20. The van der Waals surface area contributed by atoms with E-state index in [1.807, 2.05) is 18.2 Å². The molecule has 0 bridgehead atoms. The van der Waals surface area contributed by atoms with Crippen LogP contribution in [-0.4, -0.2) is 11.1 Å². The Labute approximate surface area is 115 Å². The van der Waals surface area contributed by atoms with Gasteiger partial charge in [-0.1, -0.05) is 51.5 Å². The van der Waals surface area contributed by atoms with E-state index in [4.69, 9.17) is 0 Å². The van der Waals surface area contributed by atoms with Crippen LogP contribution in [0.1, 0.15) is 57.6 Å². The van der Waals surface area contributed by atoms with Gasteiger partial charge < -0.3 is 5.11 Å². The van der Waals surface area contributed by atoms with E-state index in [0.29, 0.717) is 0 Å². The highest BCUT2D eigenvalue weighted by molar-refractivity contribution is 5.83. The number of hydrogen-bond donors (Lipinski definition) is 1. The van der Waals surface area contributed by atoms with Crippen molar-refractivity contribution >= 4 is 5.97 Å². The molecule has 1 aliphatic carbocycles. The first kappa shape index (κ1) is 14.1. The second-order valence-corrected chi connectivity index (χ2v) is 6.96. The molecule has 2 heteroatoms. The molecule has 104 valence electrons. The number of fused-ring (bicyclic) bond motifs is 1. The number of benzene rings is 1. The normalized spacial score (nSPS) is 22.3. The third-order valence-electron chi connectivity index (χ3n) is 4.29. The number of carboxylic acids is 1. The van der Waals surface area contributed by atoms with E-state index in [1.54, 1.807) is 0 Å². The molecule has 1 atom stereocenters. The molecule has 0 amide bonds. The predicted molar refractivity (Wildman–Crippen MR) is 77.4 cm³/mol. The van der Waals surface area contributed by atoms with Crippen LogP contribution in [0.2, 0.25) is 0 Å². The summed E-state index contributed by atoms with van der Waals surface area (Å²) in [6.45, 7) is 6.63. The molecule has 1 unspecified atom stereocenters. The molecular weight excluding hydrogens is 236 g/mol. The number of carbonyl (C=O) groups is 1. The van der Waals surface area contributed by atoms with Gasteiger partial charge in [0, 0.05) is 0 Å². The quantitative estimate of drug-likeness (QED) is 0.882. The van der Waals surface area contributed by atoms with Crippen molar-refractivity contribution in [2.45, 2.75) is 58.3 Å². The van der Waals surface area contributed by atoms with Crippen LogP contribution in [0.25, 0.3) is 0 Å². The van der Waals surface area contributed by atoms with Gasteiger partial charge in [0.15, 0.2) is 0 Å². The first-order valence-corrected chi connectivity index (χ1v) is 7.17. The van der Waals surface area contributed by atoms with E-state index in [9.17, 15) is 9.90 Å². The lowest BCUT2D eigenvalue weighted by atomic mass is 9.76. The first-order chi connectivity index (χ1) is 8.85. The topological polar surface area (TPSA) is 37.3 Å². The molecule has 0 fully saturated rings. The number of aliphatic carboxylic acids is 1. The Morgan fingerprint density at radius 2 is 2.00 bits per heavy atom. The molecule has 0 aromatic heterocycles. The summed E-state index contributed by atoms with van der Waals surface area (Å²) in [4.78, 5) is 11.8. The number of carboxylic acid groups (broad SMARTS) is 1. The maximum absolute atomic E-state index is 11.8. The first-order valence-electron chi connectivity index (χ1n) is 7.17. The lowest BCUT2D eigenvalue weighted by Crippen LogP contribution is -2.33. The van der Waals surface area contributed by atoms with Gasteiger partial charge in [-0.3, -0.25) is 4.79 Å². The summed E-state index contributed by atoms with van der Waals surface area (Å²) in [5, 5.41) is 9.74. The van der Waals surface area contributed by atoms with Crippen LogP contribution in [0.5, 0.6) is 0 Å². The van der Waals surface area contributed by atoms with Gasteiger partial charge in [0.25, 0.3) is 0 Å². The Bertz CT molecular complexity index is 470. The maximum atomic E-state index is 11.8. The van der Waals surface area contributed by atoms with Gasteiger partial charge in [0.2, 0.25) is 0 Å². The summed E-state index contributed by atoms with van der Waals surface area (Å²) in [6, 6.07) is 8.05. The van der Waals surface area contributed by atoms with Crippen molar-refractivity contribution in [3.8, 4) is 0 Å². The summed E-state index contributed by atoms with van der Waals surface area (Å²) in [7, 11) is 0. The molecule has 0 saturated heterocycles.